The van der Waals surface area contributed by atoms with Crippen molar-refractivity contribution in [2.24, 2.45) is 0 Å². The maximum Gasteiger partial charge on any atom is 0.220 e. The molecule has 1 fully saturated rings. The first-order chi connectivity index (χ1) is 9.65. The van der Waals surface area contributed by atoms with Crippen LogP contribution in [0.5, 0.6) is 0 Å². The van der Waals surface area contributed by atoms with Crippen molar-refractivity contribution in [2.75, 3.05) is 0 Å². The zero-order valence-corrected chi connectivity index (χ0v) is 13.1. The molecular weight excluding hydrogens is 293 g/mol. The van der Waals surface area contributed by atoms with Crippen LogP contribution in [0.4, 0.5) is 0 Å². The molecule has 2 nitrogen and oxygen atoms in total. The van der Waals surface area contributed by atoms with E-state index < -0.39 is 0 Å². The van der Waals surface area contributed by atoms with E-state index in [4.69, 9.17) is 23.2 Å². The summed E-state index contributed by atoms with van der Waals surface area (Å²) in [5, 5.41) is 4.26. The van der Waals surface area contributed by atoms with E-state index in [1.165, 1.54) is 25.7 Å². The third kappa shape index (κ3) is 4.99. The van der Waals surface area contributed by atoms with Crippen molar-refractivity contribution in [3.63, 3.8) is 0 Å². The summed E-state index contributed by atoms with van der Waals surface area (Å²) < 4.78 is 0. The highest BCUT2D eigenvalue weighted by atomic mass is 35.5. The van der Waals surface area contributed by atoms with Gasteiger partial charge >= 0.3 is 0 Å². The van der Waals surface area contributed by atoms with Crippen LogP contribution >= 0.6 is 23.2 Å². The first-order valence-electron chi connectivity index (χ1n) is 7.38. The number of nitrogens with one attached hydrogen (secondary N) is 1. The van der Waals surface area contributed by atoms with E-state index in [0.29, 0.717) is 28.9 Å². The maximum atomic E-state index is 12.0. The second kappa shape index (κ2) is 7.90. The Morgan fingerprint density at radius 3 is 2.45 bits per heavy atom. The Bertz CT molecular complexity index is 454. The summed E-state index contributed by atoms with van der Waals surface area (Å²) in [5.41, 5.74) is 1.05. The van der Waals surface area contributed by atoms with Gasteiger partial charge in [0.2, 0.25) is 5.91 Å². The number of aryl methyl sites for hydroxylation is 1. The van der Waals surface area contributed by atoms with E-state index in [0.717, 1.165) is 18.4 Å². The second-order valence-electron chi connectivity index (χ2n) is 5.50. The molecule has 0 aliphatic heterocycles. The minimum Gasteiger partial charge on any atom is -0.353 e. The topological polar surface area (TPSA) is 29.1 Å². The molecule has 1 amide bonds. The van der Waals surface area contributed by atoms with Crippen molar-refractivity contribution in [1.82, 2.24) is 5.32 Å². The Kier molecular flexibility index (Phi) is 6.18. The third-order valence-corrected chi connectivity index (χ3v) is 4.58. The predicted octanol–water partition coefficient (Wildman–Crippen LogP) is 4.77. The molecule has 4 heteroatoms. The molecule has 2 rings (SSSR count). The lowest BCUT2D eigenvalue weighted by molar-refractivity contribution is -0.121. The number of carbonyl (C=O) groups excluding carboxylic acids is 1. The molecule has 1 aliphatic carbocycles. The lowest BCUT2D eigenvalue weighted by Crippen LogP contribution is -2.34. The quantitative estimate of drug-likeness (QED) is 0.797. The lowest BCUT2D eigenvalue weighted by atomic mass is 10.1. The average molecular weight is 314 g/mol. The van der Waals surface area contributed by atoms with Crippen molar-refractivity contribution in [3.8, 4) is 0 Å². The summed E-state index contributed by atoms with van der Waals surface area (Å²) >= 11 is 11.8. The fourth-order valence-corrected chi connectivity index (χ4v) is 3.00. The first-order valence-corrected chi connectivity index (χ1v) is 8.14. The number of hydrogen-bond donors (Lipinski definition) is 1. The SMILES string of the molecule is O=C(CCc1ccc(Cl)c(Cl)c1)NC1CCCCCC1. The smallest absolute Gasteiger partial charge is 0.220 e. The normalized spacial score (nSPS) is 16.7. The molecule has 0 spiro atoms. The monoisotopic (exact) mass is 313 g/mol. The first kappa shape index (κ1) is 15.7. The third-order valence-electron chi connectivity index (χ3n) is 3.85. The van der Waals surface area contributed by atoms with Crippen LogP contribution in [-0.2, 0) is 11.2 Å². The van der Waals surface area contributed by atoms with Gasteiger partial charge in [0, 0.05) is 12.5 Å². The summed E-state index contributed by atoms with van der Waals surface area (Å²) in [7, 11) is 0. The fourth-order valence-electron chi connectivity index (χ4n) is 2.68. The van der Waals surface area contributed by atoms with Crippen LogP contribution in [0, 0.1) is 0 Å². The van der Waals surface area contributed by atoms with Crippen molar-refractivity contribution >= 4 is 29.1 Å². The van der Waals surface area contributed by atoms with Gasteiger partial charge in [0.25, 0.3) is 0 Å². The molecule has 0 unspecified atom stereocenters. The Morgan fingerprint density at radius 2 is 1.80 bits per heavy atom. The van der Waals surface area contributed by atoms with Crippen molar-refractivity contribution in [1.29, 1.82) is 0 Å². The molecule has 20 heavy (non-hydrogen) atoms. The van der Waals surface area contributed by atoms with Crippen LogP contribution in [0.1, 0.15) is 50.5 Å². The summed E-state index contributed by atoms with van der Waals surface area (Å²) in [6.45, 7) is 0. The van der Waals surface area contributed by atoms with E-state index in [2.05, 4.69) is 5.32 Å². The van der Waals surface area contributed by atoms with Crippen LogP contribution in [0.3, 0.4) is 0 Å². The number of rotatable bonds is 4. The molecule has 110 valence electrons. The van der Waals surface area contributed by atoms with E-state index in [-0.39, 0.29) is 5.91 Å². The second-order valence-corrected chi connectivity index (χ2v) is 6.32. The van der Waals surface area contributed by atoms with Crippen LogP contribution in [0.25, 0.3) is 0 Å². The van der Waals surface area contributed by atoms with Gasteiger partial charge in [-0.15, -0.1) is 0 Å². The summed E-state index contributed by atoms with van der Waals surface area (Å²) in [6, 6.07) is 5.91. The van der Waals surface area contributed by atoms with Crippen LogP contribution in [0.15, 0.2) is 18.2 Å². The number of benzene rings is 1. The number of halogens is 2. The number of hydrogen-bond acceptors (Lipinski definition) is 1. The predicted molar refractivity (Wildman–Crippen MR) is 84.4 cm³/mol. The molecule has 0 atom stereocenters. The summed E-state index contributed by atoms with van der Waals surface area (Å²) in [6.07, 6.45) is 8.53. The van der Waals surface area contributed by atoms with E-state index >= 15 is 0 Å². The van der Waals surface area contributed by atoms with Gasteiger partial charge in [-0.3, -0.25) is 4.79 Å². The van der Waals surface area contributed by atoms with Gasteiger partial charge in [-0.25, -0.2) is 0 Å². The Labute approximate surface area is 130 Å². The Morgan fingerprint density at radius 1 is 1.10 bits per heavy atom. The molecular formula is C16H21Cl2NO. The molecule has 1 aliphatic rings. The molecule has 1 aromatic rings. The molecule has 0 radical (unpaired) electrons. The highest BCUT2D eigenvalue weighted by Gasteiger charge is 2.14. The van der Waals surface area contributed by atoms with Gasteiger partial charge in [-0.1, -0.05) is 55.0 Å². The van der Waals surface area contributed by atoms with E-state index in [1.807, 2.05) is 12.1 Å². The van der Waals surface area contributed by atoms with Gasteiger partial charge < -0.3 is 5.32 Å². The zero-order chi connectivity index (χ0) is 14.4. The Hall–Kier alpha value is -0.730. The minimum absolute atomic E-state index is 0.142. The zero-order valence-electron chi connectivity index (χ0n) is 11.6. The summed E-state index contributed by atoms with van der Waals surface area (Å²) in [5.74, 6) is 0.142. The molecule has 1 aromatic carbocycles. The van der Waals surface area contributed by atoms with E-state index in [1.54, 1.807) is 6.07 Å². The van der Waals surface area contributed by atoms with Gasteiger partial charge in [-0.05, 0) is 37.0 Å². The maximum absolute atomic E-state index is 12.0. The van der Waals surface area contributed by atoms with Gasteiger partial charge in [-0.2, -0.15) is 0 Å². The standard InChI is InChI=1S/C16H21Cl2NO/c17-14-9-7-12(11-15(14)18)8-10-16(20)19-13-5-3-1-2-4-6-13/h7,9,11,13H,1-6,8,10H2,(H,19,20). The molecule has 0 heterocycles. The van der Waals surface area contributed by atoms with Crippen molar-refractivity contribution in [2.45, 2.75) is 57.4 Å². The van der Waals surface area contributed by atoms with E-state index in [9.17, 15) is 4.79 Å². The molecule has 1 saturated carbocycles. The molecule has 0 aromatic heterocycles. The highest BCUT2D eigenvalue weighted by Crippen LogP contribution is 2.23. The fraction of sp³-hybridized carbons (Fsp3) is 0.562. The van der Waals surface area contributed by atoms with Crippen LogP contribution in [-0.4, -0.2) is 11.9 Å². The van der Waals surface area contributed by atoms with Crippen molar-refractivity contribution < 1.29 is 4.79 Å². The summed E-state index contributed by atoms with van der Waals surface area (Å²) in [4.78, 5) is 12.0. The number of amides is 1. The van der Waals surface area contributed by atoms with Crippen LogP contribution < -0.4 is 5.32 Å². The van der Waals surface area contributed by atoms with Gasteiger partial charge in [0.05, 0.1) is 10.0 Å². The van der Waals surface area contributed by atoms with Crippen molar-refractivity contribution in [3.05, 3.63) is 33.8 Å². The average Bonchev–Trinajstić information content (AvgIpc) is 2.69. The Balaban J connectivity index is 1.77. The van der Waals surface area contributed by atoms with Crippen LogP contribution in [0.2, 0.25) is 10.0 Å². The van der Waals surface area contributed by atoms with Gasteiger partial charge in [0.15, 0.2) is 0 Å². The highest BCUT2D eigenvalue weighted by molar-refractivity contribution is 6.42. The lowest BCUT2D eigenvalue weighted by Gasteiger charge is -2.16. The minimum atomic E-state index is 0.142. The molecule has 0 saturated heterocycles. The number of carbonyl (C=O) groups is 1. The van der Waals surface area contributed by atoms with Gasteiger partial charge in [0.1, 0.15) is 0 Å². The molecule has 0 bridgehead atoms. The largest absolute Gasteiger partial charge is 0.353 e. The molecule has 1 N–H and O–H groups in total.